The highest BCUT2D eigenvalue weighted by atomic mass is 16.5. The van der Waals surface area contributed by atoms with Crippen LogP contribution in [0.15, 0.2) is 30.3 Å². The number of benzene rings is 1. The minimum Gasteiger partial charge on any atom is -0.469 e. The van der Waals surface area contributed by atoms with Crippen LogP contribution in [0.25, 0.3) is 0 Å². The highest BCUT2D eigenvalue weighted by Gasteiger charge is 2.34. The summed E-state index contributed by atoms with van der Waals surface area (Å²) in [6.45, 7) is 2.15. The fourth-order valence-electron chi connectivity index (χ4n) is 2.80. The van der Waals surface area contributed by atoms with Gasteiger partial charge in [0.25, 0.3) is 0 Å². The highest BCUT2D eigenvalue weighted by molar-refractivity contribution is 5.82. The van der Waals surface area contributed by atoms with E-state index < -0.39 is 18.1 Å². The van der Waals surface area contributed by atoms with Gasteiger partial charge in [-0.2, -0.15) is 0 Å². The zero-order valence-electron chi connectivity index (χ0n) is 13.5. The van der Waals surface area contributed by atoms with E-state index >= 15 is 0 Å². The molecular weight excluding hydrogens is 296 g/mol. The third-order valence-electron chi connectivity index (χ3n) is 4.19. The molecule has 1 aromatic carbocycles. The number of hydrogen-bond acceptors (Lipinski definition) is 5. The number of nitrogens with two attached hydrogens (primary N) is 1. The largest absolute Gasteiger partial charge is 0.469 e. The Morgan fingerprint density at radius 3 is 2.61 bits per heavy atom. The summed E-state index contributed by atoms with van der Waals surface area (Å²) in [5, 5.41) is 2.93. The van der Waals surface area contributed by atoms with Crippen LogP contribution in [0.3, 0.4) is 0 Å². The van der Waals surface area contributed by atoms with Crippen LogP contribution in [0, 0.1) is 5.92 Å². The lowest BCUT2D eigenvalue weighted by Crippen LogP contribution is -2.41. The molecular formula is C17H24N2O4. The predicted molar refractivity (Wildman–Crippen MR) is 85.5 cm³/mol. The van der Waals surface area contributed by atoms with Crippen molar-refractivity contribution >= 4 is 11.9 Å². The molecule has 0 bridgehead atoms. The Balaban J connectivity index is 2.11. The lowest BCUT2D eigenvalue weighted by atomic mass is 9.94. The number of ether oxygens (including phenoxy) is 2. The van der Waals surface area contributed by atoms with Gasteiger partial charge in [0.2, 0.25) is 5.91 Å². The van der Waals surface area contributed by atoms with E-state index in [2.05, 4.69) is 5.32 Å². The lowest BCUT2D eigenvalue weighted by molar-refractivity contribution is -0.146. The topological polar surface area (TPSA) is 90.7 Å². The van der Waals surface area contributed by atoms with Crippen LogP contribution in [0.1, 0.15) is 31.4 Å². The molecule has 0 spiro atoms. The van der Waals surface area contributed by atoms with Crippen molar-refractivity contribution in [1.29, 1.82) is 0 Å². The molecule has 0 radical (unpaired) electrons. The molecule has 1 aromatic rings. The van der Waals surface area contributed by atoms with E-state index in [4.69, 9.17) is 15.2 Å². The molecule has 1 aliphatic heterocycles. The van der Waals surface area contributed by atoms with Crippen molar-refractivity contribution in [2.75, 3.05) is 13.7 Å². The predicted octanol–water partition coefficient (Wildman–Crippen LogP) is 1.16. The number of carbonyl (C=O) groups excluding carboxylic acids is 2. The quantitative estimate of drug-likeness (QED) is 0.768. The standard InChI is InChI=1S/C17H24N2O4/c1-11(17(21)22-2)15(12-6-4-3-5-7-12)19-16(20)14-9-8-13(10-18)23-14/h3-7,11,13-15H,8-10,18H2,1-2H3,(H,19,20)/t11?,13-,14+,15?/m1/s1. The molecule has 6 nitrogen and oxygen atoms in total. The molecule has 4 atom stereocenters. The van der Waals surface area contributed by atoms with E-state index in [0.717, 1.165) is 12.0 Å². The molecule has 1 aliphatic rings. The summed E-state index contributed by atoms with van der Waals surface area (Å²) >= 11 is 0. The van der Waals surface area contributed by atoms with E-state index in [0.29, 0.717) is 13.0 Å². The van der Waals surface area contributed by atoms with Gasteiger partial charge in [0, 0.05) is 6.54 Å². The van der Waals surface area contributed by atoms with Gasteiger partial charge in [0.1, 0.15) is 6.10 Å². The Morgan fingerprint density at radius 2 is 2.04 bits per heavy atom. The van der Waals surface area contributed by atoms with E-state index in [9.17, 15) is 9.59 Å². The van der Waals surface area contributed by atoms with Gasteiger partial charge in [-0.1, -0.05) is 30.3 Å². The molecule has 6 heteroatoms. The normalized spacial score (nSPS) is 23.1. The van der Waals surface area contributed by atoms with E-state index in [1.165, 1.54) is 7.11 Å². The maximum Gasteiger partial charge on any atom is 0.310 e. The van der Waals surface area contributed by atoms with Gasteiger partial charge in [-0.15, -0.1) is 0 Å². The summed E-state index contributed by atoms with van der Waals surface area (Å²) in [6.07, 6.45) is 0.831. The van der Waals surface area contributed by atoms with Crippen molar-refractivity contribution in [3.05, 3.63) is 35.9 Å². The molecule has 23 heavy (non-hydrogen) atoms. The third-order valence-corrected chi connectivity index (χ3v) is 4.19. The van der Waals surface area contributed by atoms with Gasteiger partial charge >= 0.3 is 5.97 Å². The van der Waals surface area contributed by atoms with Crippen molar-refractivity contribution in [1.82, 2.24) is 5.32 Å². The summed E-state index contributed by atoms with van der Waals surface area (Å²) in [7, 11) is 1.34. The van der Waals surface area contributed by atoms with Gasteiger partial charge in [-0.05, 0) is 25.3 Å². The average Bonchev–Trinajstić information content (AvgIpc) is 3.08. The fourth-order valence-corrected chi connectivity index (χ4v) is 2.80. The first kappa shape index (κ1) is 17.4. The van der Waals surface area contributed by atoms with Crippen molar-refractivity contribution in [3.8, 4) is 0 Å². The minimum atomic E-state index is -0.514. The van der Waals surface area contributed by atoms with Gasteiger partial charge < -0.3 is 20.5 Å². The summed E-state index contributed by atoms with van der Waals surface area (Å²) in [5.74, 6) is -1.09. The van der Waals surface area contributed by atoms with Crippen molar-refractivity contribution in [2.45, 2.75) is 38.0 Å². The minimum absolute atomic E-state index is 0.0704. The molecule has 1 saturated heterocycles. The summed E-state index contributed by atoms with van der Waals surface area (Å²) in [6, 6.07) is 8.92. The van der Waals surface area contributed by atoms with Crippen LogP contribution in [0.5, 0.6) is 0 Å². The van der Waals surface area contributed by atoms with Crippen LogP contribution in [0.2, 0.25) is 0 Å². The molecule has 1 heterocycles. The summed E-state index contributed by atoms with van der Waals surface area (Å²) in [5.41, 5.74) is 6.43. The monoisotopic (exact) mass is 320 g/mol. The van der Waals surface area contributed by atoms with Gasteiger partial charge in [0.15, 0.2) is 0 Å². The second kappa shape index (κ2) is 8.08. The zero-order valence-corrected chi connectivity index (χ0v) is 13.5. The lowest BCUT2D eigenvalue weighted by Gasteiger charge is -2.25. The maximum atomic E-state index is 12.5. The van der Waals surface area contributed by atoms with E-state index in [1.807, 2.05) is 30.3 Å². The van der Waals surface area contributed by atoms with E-state index in [-0.39, 0.29) is 18.0 Å². The number of rotatable bonds is 6. The molecule has 0 aromatic heterocycles. The van der Waals surface area contributed by atoms with Crippen LogP contribution < -0.4 is 11.1 Å². The SMILES string of the molecule is COC(=O)C(C)C(NC(=O)[C@@H]1CC[C@H](CN)O1)c1ccccc1. The summed E-state index contributed by atoms with van der Waals surface area (Å²) < 4.78 is 10.4. The van der Waals surface area contributed by atoms with Crippen molar-refractivity contribution < 1.29 is 19.1 Å². The number of hydrogen-bond donors (Lipinski definition) is 2. The molecule has 126 valence electrons. The Morgan fingerprint density at radius 1 is 1.35 bits per heavy atom. The first-order valence-corrected chi connectivity index (χ1v) is 7.85. The van der Waals surface area contributed by atoms with Gasteiger partial charge in [-0.25, -0.2) is 0 Å². The van der Waals surface area contributed by atoms with Crippen LogP contribution >= 0.6 is 0 Å². The van der Waals surface area contributed by atoms with Gasteiger partial charge in [0.05, 0.1) is 25.2 Å². The number of methoxy groups -OCH3 is 1. The van der Waals surface area contributed by atoms with Crippen LogP contribution in [-0.4, -0.2) is 37.7 Å². The number of esters is 1. The van der Waals surface area contributed by atoms with Crippen molar-refractivity contribution in [3.63, 3.8) is 0 Å². The number of amides is 1. The first-order chi connectivity index (χ1) is 11.1. The Hall–Kier alpha value is -1.92. The molecule has 0 saturated carbocycles. The molecule has 3 N–H and O–H groups in total. The summed E-state index contributed by atoms with van der Waals surface area (Å²) in [4.78, 5) is 24.4. The van der Waals surface area contributed by atoms with Gasteiger partial charge in [-0.3, -0.25) is 9.59 Å². The number of carbonyl (C=O) groups is 2. The molecule has 2 unspecified atom stereocenters. The number of nitrogens with one attached hydrogen (secondary N) is 1. The van der Waals surface area contributed by atoms with Crippen LogP contribution in [0.4, 0.5) is 0 Å². The Labute approximate surface area is 136 Å². The third kappa shape index (κ3) is 4.30. The second-order valence-electron chi connectivity index (χ2n) is 5.77. The zero-order chi connectivity index (χ0) is 16.8. The Bertz CT molecular complexity index is 535. The fraction of sp³-hybridized carbons (Fsp3) is 0.529. The molecule has 1 amide bonds. The molecule has 2 rings (SSSR count). The second-order valence-corrected chi connectivity index (χ2v) is 5.77. The van der Waals surface area contributed by atoms with Crippen LogP contribution in [-0.2, 0) is 19.1 Å². The Kier molecular flexibility index (Phi) is 6.12. The van der Waals surface area contributed by atoms with Crippen molar-refractivity contribution in [2.24, 2.45) is 11.7 Å². The smallest absolute Gasteiger partial charge is 0.310 e. The first-order valence-electron chi connectivity index (χ1n) is 7.85. The highest BCUT2D eigenvalue weighted by Crippen LogP contribution is 2.25. The molecule has 0 aliphatic carbocycles. The van der Waals surface area contributed by atoms with E-state index in [1.54, 1.807) is 6.92 Å². The molecule has 1 fully saturated rings. The maximum absolute atomic E-state index is 12.5. The average molecular weight is 320 g/mol.